The summed E-state index contributed by atoms with van der Waals surface area (Å²) in [6.45, 7) is 7.89. The Bertz CT molecular complexity index is 1320. The van der Waals surface area contributed by atoms with Gasteiger partial charge in [0, 0.05) is 30.4 Å². The molecule has 0 amide bonds. The van der Waals surface area contributed by atoms with E-state index in [1.165, 1.54) is 16.7 Å². The highest BCUT2D eigenvalue weighted by Gasteiger charge is 2.27. The standard InChI is InChI=1S/C33H43FN2O4/c1-8-36(20-22-9-14-30(28(34)15-22)40-21-33(2,3)35(4)5)29-19-32(39-7)31(38-6)18-27(29)25-11-10-24-17-26(37)13-12-23(24)16-25/h9,12-15,17-19,25,37H,8,10-11,16,20-21H2,1-7H3/t25-/m1/s1. The van der Waals surface area contributed by atoms with Crippen LogP contribution in [0.2, 0.25) is 0 Å². The van der Waals surface area contributed by atoms with Crippen molar-refractivity contribution in [1.29, 1.82) is 0 Å². The summed E-state index contributed by atoms with van der Waals surface area (Å²) < 4.78 is 32.3. The Balaban J connectivity index is 1.62. The molecule has 6 nitrogen and oxygen atoms in total. The second-order valence-corrected chi connectivity index (χ2v) is 11.4. The third-order valence-electron chi connectivity index (χ3n) is 8.27. The molecule has 0 aromatic heterocycles. The molecule has 0 bridgehead atoms. The monoisotopic (exact) mass is 550 g/mol. The first-order valence-corrected chi connectivity index (χ1v) is 14.0. The van der Waals surface area contributed by atoms with Gasteiger partial charge < -0.3 is 29.1 Å². The fraction of sp³-hybridized carbons (Fsp3) is 0.455. The predicted octanol–water partition coefficient (Wildman–Crippen LogP) is 6.57. The van der Waals surface area contributed by atoms with E-state index in [1.807, 2.05) is 38.4 Å². The van der Waals surface area contributed by atoms with Gasteiger partial charge in [0.25, 0.3) is 0 Å². The van der Waals surface area contributed by atoms with Crippen LogP contribution >= 0.6 is 0 Å². The van der Waals surface area contributed by atoms with Crippen molar-refractivity contribution in [1.82, 2.24) is 4.90 Å². The molecule has 40 heavy (non-hydrogen) atoms. The molecule has 7 heteroatoms. The van der Waals surface area contributed by atoms with Gasteiger partial charge in [-0.1, -0.05) is 12.1 Å². The van der Waals surface area contributed by atoms with Crippen LogP contribution in [-0.4, -0.2) is 57.0 Å². The third kappa shape index (κ3) is 6.47. The lowest BCUT2D eigenvalue weighted by Crippen LogP contribution is -2.43. The average Bonchev–Trinajstić information content (AvgIpc) is 2.94. The van der Waals surface area contributed by atoms with Gasteiger partial charge in [0.2, 0.25) is 0 Å². The number of hydrogen-bond donors (Lipinski definition) is 1. The molecule has 4 rings (SSSR count). The topological polar surface area (TPSA) is 54.4 Å². The minimum atomic E-state index is -0.359. The molecule has 1 aliphatic carbocycles. The number of ether oxygens (including phenoxy) is 3. The number of nitrogens with zero attached hydrogens (tertiary/aromatic N) is 2. The van der Waals surface area contributed by atoms with Gasteiger partial charge in [0.1, 0.15) is 12.4 Å². The van der Waals surface area contributed by atoms with Crippen LogP contribution < -0.4 is 19.1 Å². The molecule has 0 unspecified atom stereocenters. The number of rotatable bonds is 11. The lowest BCUT2D eigenvalue weighted by molar-refractivity contribution is 0.111. The Morgan fingerprint density at radius 3 is 2.33 bits per heavy atom. The third-order valence-corrected chi connectivity index (χ3v) is 8.27. The second-order valence-electron chi connectivity index (χ2n) is 11.4. The molecule has 3 aromatic rings. The van der Waals surface area contributed by atoms with Crippen molar-refractivity contribution in [3.8, 4) is 23.0 Å². The van der Waals surface area contributed by atoms with Crippen LogP contribution in [0.5, 0.6) is 23.0 Å². The predicted molar refractivity (Wildman–Crippen MR) is 159 cm³/mol. The number of phenolic OH excluding ortho intramolecular Hbond substituents is 1. The number of fused-ring (bicyclic) bond motifs is 1. The molecule has 0 heterocycles. The maximum absolute atomic E-state index is 15.1. The molecule has 216 valence electrons. The van der Waals surface area contributed by atoms with Crippen molar-refractivity contribution in [3.63, 3.8) is 0 Å². The summed E-state index contributed by atoms with van der Waals surface area (Å²) in [6.07, 6.45) is 2.73. The highest BCUT2D eigenvalue weighted by Crippen LogP contribution is 2.43. The van der Waals surface area contributed by atoms with Crippen LogP contribution in [0.25, 0.3) is 0 Å². The number of benzene rings is 3. The van der Waals surface area contributed by atoms with E-state index in [2.05, 4.69) is 36.6 Å². The first kappa shape index (κ1) is 29.5. The van der Waals surface area contributed by atoms with Crippen LogP contribution in [0.4, 0.5) is 10.1 Å². The normalized spacial score (nSPS) is 15.1. The lowest BCUT2D eigenvalue weighted by atomic mass is 9.79. The summed E-state index contributed by atoms with van der Waals surface area (Å²) in [7, 11) is 7.28. The number of hydrogen-bond acceptors (Lipinski definition) is 6. The fourth-order valence-electron chi connectivity index (χ4n) is 5.22. The van der Waals surface area contributed by atoms with Crippen LogP contribution in [0.1, 0.15) is 55.4 Å². The zero-order chi connectivity index (χ0) is 29.0. The molecule has 1 N–H and O–H groups in total. The SMILES string of the molecule is CCN(Cc1ccc(OCC(C)(C)N(C)C)c(F)c1)c1cc(OC)c(OC)cc1[C@@H]1CCc2cc(O)ccc2C1. The first-order chi connectivity index (χ1) is 19.1. The smallest absolute Gasteiger partial charge is 0.165 e. The van der Waals surface area contributed by atoms with Gasteiger partial charge in [-0.2, -0.15) is 0 Å². The molecule has 1 aliphatic rings. The van der Waals surface area contributed by atoms with E-state index in [0.29, 0.717) is 30.4 Å². The Kier molecular flexibility index (Phi) is 9.14. The van der Waals surface area contributed by atoms with Crippen LogP contribution in [0, 0.1) is 5.82 Å². The van der Waals surface area contributed by atoms with Gasteiger partial charge >= 0.3 is 0 Å². The summed E-state index contributed by atoms with van der Waals surface area (Å²) in [4.78, 5) is 4.32. The molecule has 0 aliphatic heterocycles. The summed E-state index contributed by atoms with van der Waals surface area (Å²) >= 11 is 0. The van der Waals surface area contributed by atoms with Crippen LogP contribution in [-0.2, 0) is 19.4 Å². The van der Waals surface area contributed by atoms with Crippen molar-refractivity contribution in [2.45, 2.75) is 58.0 Å². The van der Waals surface area contributed by atoms with Gasteiger partial charge in [-0.3, -0.25) is 0 Å². The minimum Gasteiger partial charge on any atom is -0.508 e. The summed E-state index contributed by atoms with van der Waals surface area (Å²) in [5.74, 6) is 1.85. The van der Waals surface area contributed by atoms with Crippen LogP contribution in [0.3, 0.4) is 0 Å². The highest BCUT2D eigenvalue weighted by molar-refractivity contribution is 5.64. The molecular weight excluding hydrogens is 507 g/mol. The zero-order valence-corrected chi connectivity index (χ0v) is 24.9. The lowest BCUT2D eigenvalue weighted by Gasteiger charge is -2.33. The average molecular weight is 551 g/mol. The minimum absolute atomic E-state index is 0.214. The zero-order valence-electron chi connectivity index (χ0n) is 24.9. The van der Waals surface area contributed by atoms with E-state index in [1.54, 1.807) is 32.4 Å². The first-order valence-electron chi connectivity index (χ1n) is 14.0. The van der Waals surface area contributed by atoms with E-state index in [9.17, 15) is 5.11 Å². The number of anilines is 1. The molecule has 0 saturated heterocycles. The van der Waals surface area contributed by atoms with Crippen molar-refractivity contribution in [3.05, 3.63) is 76.6 Å². The molecule has 0 radical (unpaired) electrons. The van der Waals surface area contributed by atoms with Crippen molar-refractivity contribution in [2.24, 2.45) is 0 Å². The fourth-order valence-corrected chi connectivity index (χ4v) is 5.22. The van der Waals surface area contributed by atoms with Gasteiger partial charge in [-0.05, 0) is 113 Å². The number of aromatic hydroxyl groups is 1. The van der Waals surface area contributed by atoms with E-state index in [-0.39, 0.29) is 23.0 Å². The van der Waals surface area contributed by atoms with Crippen molar-refractivity contribution >= 4 is 5.69 Å². The summed E-state index contributed by atoms with van der Waals surface area (Å²) in [6, 6.07) is 15.0. The van der Waals surface area contributed by atoms with E-state index in [4.69, 9.17) is 14.2 Å². The second kappa shape index (κ2) is 12.4. The maximum atomic E-state index is 15.1. The number of likely N-dealkylation sites (N-methyl/N-ethyl adjacent to an activating group) is 1. The van der Waals surface area contributed by atoms with E-state index in [0.717, 1.165) is 37.1 Å². The maximum Gasteiger partial charge on any atom is 0.165 e. The number of aryl methyl sites for hydroxylation is 1. The molecular formula is C33H43FN2O4. The Morgan fingerprint density at radius 1 is 0.950 bits per heavy atom. The molecule has 0 spiro atoms. The van der Waals surface area contributed by atoms with E-state index < -0.39 is 0 Å². The van der Waals surface area contributed by atoms with E-state index >= 15 is 4.39 Å². The van der Waals surface area contributed by atoms with Crippen molar-refractivity contribution in [2.75, 3.05) is 46.4 Å². The molecule has 3 aromatic carbocycles. The number of halogens is 1. The summed E-state index contributed by atoms with van der Waals surface area (Å²) in [5, 5.41) is 9.94. The Labute approximate surface area is 238 Å². The van der Waals surface area contributed by atoms with Gasteiger partial charge in [-0.15, -0.1) is 0 Å². The largest absolute Gasteiger partial charge is 0.508 e. The van der Waals surface area contributed by atoms with Gasteiger partial charge in [0.05, 0.1) is 14.2 Å². The Morgan fingerprint density at radius 2 is 1.68 bits per heavy atom. The molecule has 0 saturated carbocycles. The highest BCUT2D eigenvalue weighted by atomic mass is 19.1. The molecule has 0 fully saturated rings. The van der Waals surface area contributed by atoms with Crippen LogP contribution in [0.15, 0.2) is 48.5 Å². The van der Waals surface area contributed by atoms with Crippen molar-refractivity contribution < 1.29 is 23.7 Å². The Hall–Kier alpha value is -3.45. The molecule has 1 atom stereocenters. The summed E-state index contributed by atoms with van der Waals surface area (Å²) in [5.41, 5.74) is 5.35. The quantitative estimate of drug-likeness (QED) is 0.292. The van der Waals surface area contributed by atoms with Gasteiger partial charge in [-0.25, -0.2) is 4.39 Å². The number of methoxy groups -OCH3 is 2. The van der Waals surface area contributed by atoms with Gasteiger partial charge in [0.15, 0.2) is 23.1 Å². The number of phenols is 1.